The summed E-state index contributed by atoms with van der Waals surface area (Å²) in [5, 5.41) is 0. The van der Waals surface area contributed by atoms with Crippen molar-refractivity contribution >= 4 is 5.97 Å². The van der Waals surface area contributed by atoms with Gasteiger partial charge in [0.05, 0.1) is 5.41 Å². The molecule has 4 fully saturated rings. The molecular formula is C17H22N2O2. The summed E-state index contributed by atoms with van der Waals surface area (Å²) in [6.07, 6.45) is 11.9. The molecule has 1 aromatic heterocycles. The van der Waals surface area contributed by atoms with Gasteiger partial charge in [-0.2, -0.15) is 0 Å². The van der Waals surface area contributed by atoms with E-state index in [9.17, 15) is 4.79 Å². The Labute approximate surface area is 124 Å². The van der Waals surface area contributed by atoms with E-state index in [-0.39, 0.29) is 17.5 Å². The fraction of sp³-hybridized carbons (Fsp3) is 0.765. The second-order valence-electron chi connectivity index (χ2n) is 7.86. The van der Waals surface area contributed by atoms with Crippen LogP contribution < -0.4 is 0 Å². The molecule has 1 atom stereocenters. The van der Waals surface area contributed by atoms with Gasteiger partial charge in [0.15, 0.2) is 6.10 Å². The largest absolute Gasteiger partial charge is 0.454 e. The summed E-state index contributed by atoms with van der Waals surface area (Å²) >= 11 is 0. The summed E-state index contributed by atoms with van der Waals surface area (Å²) in [5.74, 6) is 3.38. The zero-order valence-corrected chi connectivity index (χ0v) is 12.3. The van der Waals surface area contributed by atoms with Crippen molar-refractivity contribution in [3.63, 3.8) is 0 Å². The normalized spacial score (nSPS) is 43.0. The second kappa shape index (κ2) is 4.11. The Morgan fingerprint density at radius 1 is 1.19 bits per heavy atom. The third-order valence-corrected chi connectivity index (χ3v) is 6.39. The number of nitrogens with zero attached hydrogens (tertiary/aromatic N) is 2. The molecule has 4 heteroatoms. The van der Waals surface area contributed by atoms with E-state index in [0.29, 0.717) is 0 Å². The molecule has 0 unspecified atom stereocenters. The number of hydrogen-bond acceptors (Lipinski definition) is 3. The minimum atomic E-state index is -0.144. The highest BCUT2D eigenvalue weighted by molar-refractivity contribution is 5.77. The smallest absolute Gasteiger partial charge is 0.312 e. The third kappa shape index (κ3) is 1.74. The monoisotopic (exact) mass is 286 g/mol. The lowest BCUT2D eigenvalue weighted by atomic mass is 9.49. The number of aromatic nitrogens is 2. The quantitative estimate of drug-likeness (QED) is 0.785. The average Bonchev–Trinajstić information content (AvgIpc) is 3.02. The SMILES string of the molecule is O=C(O[C@H]1CCn2ccnc21)C12CC3CC(CC(C3)C1)C2. The van der Waals surface area contributed by atoms with E-state index < -0.39 is 0 Å². The van der Waals surface area contributed by atoms with Gasteiger partial charge in [-0.15, -0.1) is 0 Å². The number of rotatable bonds is 2. The minimum Gasteiger partial charge on any atom is -0.454 e. The van der Waals surface area contributed by atoms with Crippen LogP contribution in [0.15, 0.2) is 12.4 Å². The van der Waals surface area contributed by atoms with E-state index >= 15 is 0 Å². The zero-order valence-electron chi connectivity index (χ0n) is 12.3. The molecule has 1 aliphatic heterocycles. The lowest BCUT2D eigenvalue weighted by Crippen LogP contribution is -2.50. The molecule has 4 saturated carbocycles. The third-order valence-electron chi connectivity index (χ3n) is 6.39. The molecule has 4 bridgehead atoms. The van der Waals surface area contributed by atoms with Crippen LogP contribution >= 0.6 is 0 Å². The van der Waals surface area contributed by atoms with Crippen molar-refractivity contribution in [3.8, 4) is 0 Å². The van der Waals surface area contributed by atoms with Gasteiger partial charge >= 0.3 is 5.97 Å². The van der Waals surface area contributed by atoms with Crippen molar-refractivity contribution in [2.45, 2.75) is 57.6 Å². The molecule has 0 saturated heterocycles. The van der Waals surface area contributed by atoms with Crippen LogP contribution in [-0.2, 0) is 16.1 Å². The molecule has 4 aliphatic carbocycles. The van der Waals surface area contributed by atoms with Crippen LogP contribution in [0.5, 0.6) is 0 Å². The number of aryl methyl sites for hydroxylation is 1. The molecule has 4 nitrogen and oxygen atoms in total. The number of esters is 1. The van der Waals surface area contributed by atoms with Gasteiger partial charge in [0, 0.05) is 25.4 Å². The summed E-state index contributed by atoms with van der Waals surface area (Å²) in [7, 11) is 0. The van der Waals surface area contributed by atoms with Crippen LogP contribution in [0.3, 0.4) is 0 Å². The highest BCUT2D eigenvalue weighted by Crippen LogP contribution is 2.60. The molecule has 0 amide bonds. The van der Waals surface area contributed by atoms with Gasteiger partial charge in [-0.3, -0.25) is 4.79 Å². The molecular weight excluding hydrogens is 264 g/mol. The molecule has 5 aliphatic rings. The van der Waals surface area contributed by atoms with E-state index in [2.05, 4.69) is 9.55 Å². The van der Waals surface area contributed by atoms with Crippen LogP contribution in [0.2, 0.25) is 0 Å². The average molecular weight is 286 g/mol. The van der Waals surface area contributed by atoms with Gasteiger partial charge in [0.25, 0.3) is 0 Å². The van der Waals surface area contributed by atoms with E-state index in [0.717, 1.165) is 55.8 Å². The van der Waals surface area contributed by atoms with Crippen LogP contribution in [0, 0.1) is 23.2 Å². The predicted molar refractivity (Wildman–Crippen MR) is 76.3 cm³/mol. The molecule has 0 aromatic carbocycles. The Balaban J connectivity index is 1.38. The van der Waals surface area contributed by atoms with Crippen molar-refractivity contribution in [3.05, 3.63) is 18.2 Å². The van der Waals surface area contributed by atoms with E-state index in [1.54, 1.807) is 6.20 Å². The van der Waals surface area contributed by atoms with Gasteiger partial charge in [0.2, 0.25) is 0 Å². The Bertz CT molecular complexity index is 556. The highest BCUT2D eigenvalue weighted by atomic mass is 16.5. The summed E-state index contributed by atoms with van der Waals surface area (Å²) in [4.78, 5) is 17.3. The topological polar surface area (TPSA) is 44.1 Å². The first kappa shape index (κ1) is 12.2. The van der Waals surface area contributed by atoms with Crippen LogP contribution in [0.25, 0.3) is 0 Å². The lowest BCUT2D eigenvalue weighted by Gasteiger charge is -2.55. The molecule has 0 spiro atoms. The molecule has 112 valence electrons. The summed E-state index contributed by atoms with van der Waals surface area (Å²) in [5.41, 5.74) is -0.144. The molecule has 0 N–H and O–H groups in total. The molecule has 2 heterocycles. The first-order chi connectivity index (χ1) is 10.2. The second-order valence-corrected chi connectivity index (χ2v) is 7.86. The van der Waals surface area contributed by atoms with Gasteiger partial charge in [-0.05, 0) is 56.3 Å². The van der Waals surface area contributed by atoms with Crippen LogP contribution in [-0.4, -0.2) is 15.5 Å². The van der Waals surface area contributed by atoms with Crippen molar-refractivity contribution in [1.29, 1.82) is 0 Å². The van der Waals surface area contributed by atoms with Gasteiger partial charge in [-0.1, -0.05) is 0 Å². The van der Waals surface area contributed by atoms with Crippen molar-refractivity contribution in [1.82, 2.24) is 9.55 Å². The van der Waals surface area contributed by atoms with Crippen molar-refractivity contribution < 1.29 is 9.53 Å². The van der Waals surface area contributed by atoms with E-state index in [1.807, 2.05) is 6.20 Å². The van der Waals surface area contributed by atoms with Gasteiger partial charge < -0.3 is 9.30 Å². The fourth-order valence-electron chi connectivity index (χ4n) is 5.91. The van der Waals surface area contributed by atoms with Crippen molar-refractivity contribution in [2.24, 2.45) is 23.2 Å². The van der Waals surface area contributed by atoms with E-state index in [4.69, 9.17) is 4.74 Å². The lowest BCUT2D eigenvalue weighted by molar-refractivity contribution is -0.177. The van der Waals surface area contributed by atoms with Gasteiger partial charge in [0.1, 0.15) is 5.82 Å². The van der Waals surface area contributed by atoms with Crippen LogP contribution in [0.4, 0.5) is 0 Å². The standard InChI is InChI=1S/C17H22N2O2/c20-16(21-14-1-3-19-4-2-18-15(14)19)17-8-11-5-12(9-17)7-13(6-11)10-17/h2,4,11-14H,1,3,5-10H2/t11?,12?,13?,14-,17?/m0/s1. The highest BCUT2D eigenvalue weighted by Gasteiger charge is 2.56. The maximum absolute atomic E-state index is 12.9. The summed E-state index contributed by atoms with van der Waals surface area (Å²) in [6.45, 7) is 0.925. The van der Waals surface area contributed by atoms with Gasteiger partial charge in [-0.25, -0.2) is 4.98 Å². The number of carbonyl (C=O) groups excluding carboxylic acids is 1. The Morgan fingerprint density at radius 2 is 1.86 bits per heavy atom. The Kier molecular flexibility index (Phi) is 2.40. The maximum Gasteiger partial charge on any atom is 0.312 e. The molecule has 6 rings (SSSR count). The summed E-state index contributed by atoms with van der Waals surface area (Å²) in [6, 6.07) is 0. The summed E-state index contributed by atoms with van der Waals surface area (Å²) < 4.78 is 8.07. The fourth-order valence-corrected chi connectivity index (χ4v) is 5.91. The Morgan fingerprint density at radius 3 is 2.52 bits per heavy atom. The number of carbonyl (C=O) groups is 1. The first-order valence-corrected chi connectivity index (χ1v) is 8.44. The predicted octanol–water partition coefficient (Wildman–Crippen LogP) is 3.09. The molecule has 1 aromatic rings. The molecule has 0 radical (unpaired) electrons. The molecule has 21 heavy (non-hydrogen) atoms. The van der Waals surface area contributed by atoms with Crippen LogP contribution in [0.1, 0.15) is 56.9 Å². The first-order valence-electron chi connectivity index (χ1n) is 8.44. The number of fused-ring (bicyclic) bond motifs is 1. The minimum absolute atomic E-state index is 0.0862. The Hall–Kier alpha value is -1.32. The number of imidazole rings is 1. The van der Waals surface area contributed by atoms with Crippen molar-refractivity contribution in [2.75, 3.05) is 0 Å². The zero-order chi connectivity index (χ0) is 14.0. The number of hydrogen-bond donors (Lipinski definition) is 0. The number of ether oxygens (including phenoxy) is 1. The van der Waals surface area contributed by atoms with E-state index in [1.165, 1.54) is 19.3 Å². The maximum atomic E-state index is 12.9.